The average Bonchev–Trinajstić information content (AvgIpc) is 2.42. The second-order valence-electron chi connectivity index (χ2n) is 7.15. The quantitative estimate of drug-likeness (QED) is 0.767. The van der Waals surface area contributed by atoms with Crippen LogP contribution in [0, 0.1) is 11.8 Å². The molecule has 2 amide bonds. The molecule has 1 fully saturated rings. The van der Waals surface area contributed by atoms with E-state index >= 15 is 0 Å². The van der Waals surface area contributed by atoms with E-state index in [4.69, 9.17) is 4.74 Å². The van der Waals surface area contributed by atoms with Gasteiger partial charge in [0.15, 0.2) is 0 Å². The lowest BCUT2D eigenvalue weighted by Gasteiger charge is -2.29. The van der Waals surface area contributed by atoms with Crippen LogP contribution in [0.4, 0.5) is 4.79 Å². The molecule has 1 rings (SSSR count). The molecule has 1 aliphatic rings. The van der Waals surface area contributed by atoms with Gasteiger partial charge in [-0.3, -0.25) is 4.79 Å². The molecule has 1 saturated carbocycles. The van der Waals surface area contributed by atoms with Crippen LogP contribution in [-0.2, 0) is 14.3 Å². The number of carbonyl (C=O) groups is 3. The summed E-state index contributed by atoms with van der Waals surface area (Å²) in [5.74, 6) is -1.36. The van der Waals surface area contributed by atoms with E-state index < -0.39 is 23.7 Å². The van der Waals surface area contributed by atoms with Gasteiger partial charge in [-0.25, -0.2) is 4.79 Å². The van der Waals surface area contributed by atoms with Crippen LogP contribution in [0.15, 0.2) is 0 Å². The summed E-state index contributed by atoms with van der Waals surface area (Å²) in [5.41, 5.74) is -0.613. The number of ether oxygens (including phenoxy) is 1. The molecule has 0 radical (unpaired) electrons. The van der Waals surface area contributed by atoms with Gasteiger partial charge < -0.3 is 25.3 Å². The molecular formula is C16H27N2O5-. The first kappa shape index (κ1) is 19.3. The summed E-state index contributed by atoms with van der Waals surface area (Å²) in [6, 6.07) is -0.690. The Balaban J connectivity index is 2.28. The summed E-state index contributed by atoms with van der Waals surface area (Å²) in [6.07, 6.45) is 2.07. The highest BCUT2D eigenvalue weighted by Crippen LogP contribution is 2.27. The van der Waals surface area contributed by atoms with E-state index in [9.17, 15) is 19.5 Å². The lowest BCUT2D eigenvalue weighted by molar-refractivity contribution is -0.312. The molecule has 0 spiro atoms. The maximum absolute atomic E-state index is 12.0. The molecule has 0 aromatic rings. The molecule has 0 heterocycles. The molecule has 0 aromatic heterocycles. The first-order chi connectivity index (χ1) is 10.6. The van der Waals surface area contributed by atoms with Crippen molar-refractivity contribution < 1.29 is 24.2 Å². The molecule has 0 unspecified atom stereocenters. The molecule has 132 valence electrons. The van der Waals surface area contributed by atoms with E-state index in [2.05, 4.69) is 10.6 Å². The Morgan fingerprint density at radius 2 is 1.74 bits per heavy atom. The molecule has 0 aliphatic heterocycles. The van der Waals surface area contributed by atoms with Crippen molar-refractivity contribution in [2.24, 2.45) is 11.8 Å². The Hall–Kier alpha value is -1.79. The summed E-state index contributed by atoms with van der Waals surface area (Å²) in [5, 5.41) is 16.1. The highest BCUT2D eigenvalue weighted by molar-refractivity contribution is 5.85. The number of carboxylic acids is 1. The molecular weight excluding hydrogens is 300 g/mol. The molecule has 7 heteroatoms. The van der Waals surface area contributed by atoms with E-state index in [0.717, 1.165) is 12.8 Å². The van der Waals surface area contributed by atoms with Crippen molar-refractivity contribution in [3.63, 3.8) is 0 Å². The van der Waals surface area contributed by atoms with Crippen LogP contribution in [0.25, 0.3) is 0 Å². The zero-order chi connectivity index (χ0) is 17.6. The normalized spacial score (nSPS) is 22.8. The third kappa shape index (κ3) is 7.34. The number of carbonyl (C=O) groups excluding carboxylic acids is 3. The molecule has 0 aromatic carbocycles. The average molecular weight is 327 g/mol. The monoisotopic (exact) mass is 327 g/mol. The lowest BCUT2D eigenvalue weighted by atomic mass is 9.82. The fourth-order valence-corrected chi connectivity index (χ4v) is 2.55. The van der Waals surface area contributed by atoms with Crippen molar-refractivity contribution in [2.75, 3.05) is 6.54 Å². The second-order valence-corrected chi connectivity index (χ2v) is 7.15. The van der Waals surface area contributed by atoms with Crippen molar-refractivity contribution >= 4 is 18.0 Å². The van der Waals surface area contributed by atoms with Gasteiger partial charge in [-0.1, -0.05) is 0 Å². The van der Waals surface area contributed by atoms with E-state index in [1.165, 1.54) is 0 Å². The summed E-state index contributed by atoms with van der Waals surface area (Å²) >= 11 is 0. The van der Waals surface area contributed by atoms with Crippen molar-refractivity contribution in [3.05, 3.63) is 0 Å². The number of nitrogens with one attached hydrogen (secondary N) is 2. The number of amides is 2. The molecule has 1 atom stereocenters. The highest BCUT2D eigenvalue weighted by atomic mass is 16.6. The summed E-state index contributed by atoms with van der Waals surface area (Å²) in [4.78, 5) is 34.4. The number of hydrogen-bond donors (Lipinski definition) is 2. The number of rotatable bonds is 5. The van der Waals surface area contributed by atoms with Gasteiger partial charge in [-0.15, -0.1) is 0 Å². The van der Waals surface area contributed by atoms with Crippen molar-refractivity contribution in [1.29, 1.82) is 0 Å². The Labute approximate surface area is 137 Å². The van der Waals surface area contributed by atoms with Crippen LogP contribution in [-0.4, -0.2) is 36.2 Å². The Kier molecular flexibility index (Phi) is 6.84. The Morgan fingerprint density at radius 1 is 1.17 bits per heavy atom. The SMILES string of the molecule is C[C@@H](NC(=O)OC(C)(C)C)C(=O)NCC1CCC(C(=O)[O-])CC1. The van der Waals surface area contributed by atoms with Crippen LogP contribution < -0.4 is 15.7 Å². The third-order valence-electron chi connectivity index (χ3n) is 3.87. The minimum Gasteiger partial charge on any atom is -0.550 e. The van der Waals surface area contributed by atoms with Gasteiger partial charge in [-0.2, -0.15) is 0 Å². The molecule has 0 bridgehead atoms. The van der Waals surface area contributed by atoms with Crippen molar-refractivity contribution in [3.8, 4) is 0 Å². The van der Waals surface area contributed by atoms with E-state index in [1.807, 2.05) is 0 Å². The minimum atomic E-state index is -0.984. The fourth-order valence-electron chi connectivity index (χ4n) is 2.55. The van der Waals surface area contributed by atoms with E-state index in [0.29, 0.717) is 19.4 Å². The second kappa shape index (κ2) is 8.17. The van der Waals surface area contributed by atoms with Crippen LogP contribution in [0.3, 0.4) is 0 Å². The van der Waals surface area contributed by atoms with Gasteiger partial charge in [0.05, 0.1) is 0 Å². The topological polar surface area (TPSA) is 108 Å². The van der Waals surface area contributed by atoms with Gasteiger partial charge >= 0.3 is 6.09 Å². The maximum Gasteiger partial charge on any atom is 0.408 e. The fraction of sp³-hybridized carbons (Fsp3) is 0.812. The first-order valence-electron chi connectivity index (χ1n) is 8.06. The summed E-state index contributed by atoms with van der Waals surface area (Å²) in [6.45, 7) is 7.33. The predicted molar refractivity (Wildman–Crippen MR) is 82.3 cm³/mol. The maximum atomic E-state index is 12.0. The van der Waals surface area contributed by atoms with Crippen LogP contribution >= 0.6 is 0 Å². The molecule has 23 heavy (non-hydrogen) atoms. The van der Waals surface area contributed by atoms with Gasteiger partial charge in [0.25, 0.3) is 0 Å². The molecule has 1 aliphatic carbocycles. The Morgan fingerprint density at radius 3 is 2.22 bits per heavy atom. The van der Waals surface area contributed by atoms with Crippen LogP contribution in [0.2, 0.25) is 0 Å². The predicted octanol–water partition coefficient (Wildman–Crippen LogP) is 0.572. The van der Waals surface area contributed by atoms with Gasteiger partial charge in [0.1, 0.15) is 11.6 Å². The minimum absolute atomic E-state index is 0.267. The van der Waals surface area contributed by atoms with Gasteiger partial charge in [0.2, 0.25) is 5.91 Å². The molecule has 2 N–H and O–H groups in total. The summed E-state index contributed by atoms with van der Waals surface area (Å²) in [7, 11) is 0. The lowest BCUT2D eigenvalue weighted by Crippen LogP contribution is -2.47. The Bertz CT molecular complexity index is 436. The number of alkyl carbamates (subject to hydrolysis) is 1. The zero-order valence-electron chi connectivity index (χ0n) is 14.3. The van der Waals surface area contributed by atoms with Gasteiger partial charge in [0, 0.05) is 12.5 Å². The standard InChI is InChI=1S/C16H28N2O5/c1-10(18-15(22)23-16(2,3)4)13(19)17-9-11-5-7-12(8-6-11)14(20)21/h10-12H,5-9H2,1-4H3,(H,17,19)(H,18,22)(H,20,21)/p-1/t10-,11?,12?/m1/s1. The van der Waals surface area contributed by atoms with Crippen molar-refractivity contribution in [2.45, 2.75) is 65.0 Å². The third-order valence-corrected chi connectivity index (χ3v) is 3.87. The van der Waals surface area contributed by atoms with Gasteiger partial charge in [-0.05, 0) is 65.2 Å². The molecule has 7 nitrogen and oxygen atoms in total. The smallest absolute Gasteiger partial charge is 0.408 e. The number of carboxylic acid groups (broad SMARTS) is 1. The number of hydrogen-bond acceptors (Lipinski definition) is 5. The van der Waals surface area contributed by atoms with E-state index in [-0.39, 0.29) is 17.7 Å². The largest absolute Gasteiger partial charge is 0.550 e. The first-order valence-corrected chi connectivity index (χ1v) is 8.06. The molecule has 0 saturated heterocycles. The summed E-state index contributed by atoms with van der Waals surface area (Å²) < 4.78 is 5.10. The highest BCUT2D eigenvalue weighted by Gasteiger charge is 2.24. The van der Waals surface area contributed by atoms with E-state index in [1.54, 1.807) is 27.7 Å². The zero-order valence-corrected chi connectivity index (χ0v) is 14.3. The van der Waals surface area contributed by atoms with Crippen LogP contribution in [0.1, 0.15) is 53.4 Å². The van der Waals surface area contributed by atoms with Crippen LogP contribution in [0.5, 0.6) is 0 Å². The van der Waals surface area contributed by atoms with Crippen molar-refractivity contribution in [1.82, 2.24) is 10.6 Å². The number of aliphatic carboxylic acids is 1.